The number of benzene rings is 1. The van der Waals surface area contributed by atoms with Gasteiger partial charge in [0.15, 0.2) is 0 Å². The van der Waals surface area contributed by atoms with Crippen LogP contribution < -0.4 is 5.32 Å². The highest BCUT2D eigenvalue weighted by Gasteiger charge is 2.39. The zero-order valence-corrected chi connectivity index (χ0v) is 14.4. The van der Waals surface area contributed by atoms with Crippen molar-refractivity contribution in [3.05, 3.63) is 35.4 Å². The molecule has 0 heterocycles. The second kappa shape index (κ2) is 6.93. The maximum Gasteiger partial charge on any atom is 0.0507 e. The Kier molecular flexibility index (Phi) is 5.45. The van der Waals surface area contributed by atoms with E-state index in [-0.39, 0.29) is 5.54 Å². The summed E-state index contributed by atoms with van der Waals surface area (Å²) >= 11 is 0. The van der Waals surface area contributed by atoms with Crippen molar-refractivity contribution in [1.82, 2.24) is 10.2 Å². The minimum absolute atomic E-state index is 0.175. The molecule has 0 amide bonds. The maximum atomic E-state index is 3.64. The molecular formula is C19H32N2. The number of hydrogen-bond donors (Lipinski definition) is 1. The van der Waals surface area contributed by atoms with Gasteiger partial charge in [0, 0.05) is 5.54 Å². The standard InChI is InChI=1S/C19H32N2/c1-6-19(7-2,21(4)5)18(20-3)17-14-9-8-13-16(17)15-11-10-12-15/h8-9,13-15,18,20H,6-7,10-12H2,1-5H3. The minimum atomic E-state index is 0.175. The predicted molar refractivity (Wildman–Crippen MR) is 91.8 cm³/mol. The van der Waals surface area contributed by atoms with Gasteiger partial charge in [0.25, 0.3) is 0 Å². The largest absolute Gasteiger partial charge is 0.311 e. The fraction of sp³-hybridized carbons (Fsp3) is 0.684. The van der Waals surface area contributed by atoms with Gasteiger partial charge in [-0.1, -0.05) is 44.5 Å². The molecule has 1 saturated carbocycles. The van der Waals surface area contributed by atoms with Crippen molar-refractivity contribution in [2.75, 3.05) is 21.1 Å². The Bertz CT molecular complexity index is 445. The van der Waals surface area contributed by atoms with E-state index in [1.807, 2.05) is 0 Å². The number of nitrogens with zero attached hydrogens (tertiary/aromatic N) is 1. The van der Waals surface area contributed by atoms with Gasteiger partial charge < -0.3 is 10.2 Å². The SMILES string of the molecule is CCC(CC)(C(NC)c1ccccc1C1CCC1)N(C)C. The van der Waals surface area contributed by atoms with Crippen LogP contribution in [0.4, 0.5) is 0 Å². The van der Waals surface area contributed by atoms with E-state index < -0.39 is 0 Å². The average Bonchev–Trinajstić information content (AvgIpc) is 2.43. The molecule has 1 aliphatic rings. The lowest BCUT2D eigenvalue weighted by molar-refractivity contribution is 0.0910. The highest BCUT2D eigenvalue weighted by molar-refractivity contribution is 5.36. The van der Waals surface area contributed by atoms with E-state index in [2.05, 4.69) is 69.5 Å². The lowest BCUT2D eigenvalue weighted by Gasteiger charge is -2.46. The normalized spacial score (nSPS) is 17.8. The van der Waals surface area contributed by atoms with E-state index >= 15 is 0 Å². The van der Waals surface area contributed by atoms with Crippen LogP contribution in [0.2, 0.25) is 0 Å². The van der Waals surface area contributed by atoms with Crippen molar-refractivity contribution < 1.29 is 0 Å². The number of likely N-dealkylation sites (N-methyl/N-ethyl adjacent to an activating group) is 2. The average molecular weight is 288 g/mol. The Hall–Kier alpha value is -0.860. The summed E-state index contributed by atoms with van der Waals surface area (Å²) < 4.78 is 0. The summed E-state index contributed by atoms with van der Waals surface area (Å²) in [5, 5.41) is 3.64. The highest BCUT2D eigenvalue weighted by atomic mass is 15.2. The Morgan fingerprint density at radius 2 is 1.81 bits per heavy atom. The summed E-state index contributed by atoms with van der Waals surface area (Å²) in [5.41, 5.74) is 3.27. The van der Waals surface area contributed by atoms with Crippen LogP contribution in [-0.4, -0.2) is 31.6 Å². The molecule has 1 N–H and O–H groups in total. The summed E-state index contributed by atoms with van der Waals surface area (Å²) in [6, 6.07) is 9.50. The zero-order valence-electron chi connectivity index (χ0n) is 14.4. The third-order valence-corrected chi connectivity index (χ3v) is 5.79. The fourth-order valence-electron chi connectivity index (χ4n) is 4.13. The summed E-state index contributed by atoms with van der Waals surface area (Å²) in [6.45, 7) is 4.64. The van der Waals surface area contributed by atoms with Gasteiger partial charge in [-0.2, -0.15) is 0 Å². The fourth-order valence-corrected chi connectivity index (χ4v) is 4.13. The van der Waals surface area contributed by atoms with Crippen molar-refractivity contribution in [2.45, 2.75) is 63.5 Å². The molecule has 1 aliphatic carbocycles. The molecule has 1 aromatic carbocycles. The second-order valence-electron chi connectivity index (χ2n) is 6.68. The topological polar surface area (TPSA) is 15.3 Å². The lowest BCUT2D eigenvalue weighted by atomic mass is 9.72. The molecule has 0 aromatic heterocycles. The maximum absolute atomic E-state index is 3.64. The molecule has 2 heteroatoms. The first-order chi connectivity index (χ1) is 10.1. The zero-order chi connectivity index (χ0) is 15.5. The molecule has 118 valence electrons. The van der Waals surface area contributed by atoms with Gasteiger partial charge in [-0.25, -0.2) is 0 Å². The third kappa shape index (κ3) is 2.89. The number of nitrogens with one attached hydrogen (secondary N) is 1. The Morgan fingerprint density at radius 1 is 1.19 bits per heavy atom. The van der Waals surface area contributed by atoms with Crippen LogP contribution in [0.5, 0.6) is 0 Å². The molecule has 1 fully saturated rings. The van der Waals surface area contributed by atoms with Crippen molar-refractivity contribution in [1.29, 1.82) is 0 Å². The monoisotopic (exact) mass is 288 g/mol. The number of rotatable bonds is 7. The molecule has 2 rings (SSSR count). The summed E-state index contributed by atoms with van der Waals surface area (Å²) in [7, 11) is 6.57. The molecule has 0 radical (unpaired) electrons. The molecule has 21 heavy (non-hydrogen) atoms. The molecule has 0 spiro atoms. The van der Waals surface area contributed by atoms with E-state index in [9.17, 15) is 0 Å². The van der Waals surface area contributed by atoms with Gasteiger partial charge in [-0.05, 0) is 63.9 Å². The van der Waals surface area contributed by atoms with Crippen LogP contribution in [0, 0.1) is 0 Å². The molecule has 1 unspecified atom stereocenters. The van der Waals surface area contributed by atoms with Gasteiger partial charge in [-0.15, -0.1) is 0 Å². The summed E-state index contributed by atoms with van der Waals surface area (Å²) in [6.07, 6.45) is 6.42. The molecule has 0 aliphatic heterocycles. The van der Waals surface area contributed by atoms with E-state index in [0.29, 0.717) is 6.04 Å². The van der Waals surface area contributed by atoms with Crippen LogP contribution in [0.25, 0.3) is 0 Å². The number of hydrogen-bond acceptors (Lipinski definition) is 2. The van der Waals surface area contributed by atoms with E-state index in [4.69, 9.17) is 0 Å². The van der Waals surface area contributed by atoms with E-state index in [0.717, 1.165) is 18.8 Å². The van der Waals surface area contributed by atoms with E-state index in [1.54, 1.807) is 5.56 Å². The van der Waals surface area contributed by atoms with Crippen molar-refractivity contribution >= 4 is 0 Å². The predicted octanol–water partition coefficient (Wildman–Crippen LogP) is 4.34. The first kappa shape index (κ1) is 16.5. The Balaban J connectivity index is 2.45. The molecular weight excluding hydrogens is 256 g/mol. The van der Waals surface area contributed by atoms with Gasteiger partial charge in [0.05, 0.1) is 6.04 Å². The van der Waals surface area contributed by atoms with Gasteiger partial charge in [0.1, 0.15) is 0 Å². The Morgan fingerprint density at radius 3 is 2.24 bits per heavy atom. The lowest BCUT2D eigenvalue weighted by Crippen LogP contribution is -2.52. The van der Waals surface area contributed by atoms with Gasteiger partial charge >= 0.3 is 0 Å². The Labute approximate surface area is 130 Å². The van der Waals surface area contributed by atoms with Crippen molar-refractivity contribution in [3.8, 4) is 0 Å². The minimum Gasteiger partial charge on any atom is -0.311 e. The smallest absolute Gasteiger partial charge is 0.0507 e. The quantitative estimate of drug-likeness (QED) is 0.803. The van der Waals surface area contributed by atoms with Crippen LogP contribution >= 0.6 is 0 Å². The molecule has 1 aromatic rings. The molecule has 0 bridgehead atoms. The van der Waals surface area contributed by atoms with Gasteiger partial charge in [0.2, 0.25) is 0 Å². The molecule has 0 saturated heterocycles. The summed E-state index contributed by atoms with van der Waals surface area (Å²) in [4.78, 5) is 2.42. The van der Waals surface area contributed by atoms with Crippen LogP contribution in [0.15, 0.2) is 24.3 Å². The van der Waals surface area contributed by atoms with Crippen molar-refractivity contribution in [3.63, 3.8) is 0 Å². The van der Waals surface area contributed by atoms with Crippen LogP contribution in [-0.2, 0) is 0 Å². The third-order valence-electron chi connectivity index (χ3n) is 5.79. The van der Waals surface area contributed by atoms with Crippen LogP contribution in [0.1, 0.15) is 69.0 Å². The van der Waals surface area contributed by atoms with Crippen molar-refractivity contribution in [2.24, 2.45) is 0 Å². The second-order valence-corrected chi connectivity index (χ2v) is 6.68. The molecule has 2 nitrogen and oxygen atoms in total. The van der Waals surface area contributed by atoms with Crippen LogP contribution in [0.3, 0.4) is 0 Å². The van der Waals surface area contributed by atoms with E-state index in [1.165, 1.54) is 24.8 Å². The highest BCUT2D eigenvalue weighted by Crippen LogP contribution is 2.43. The first-order valence-corrected chi connectivity index (χ1v) is 8.54. The first-order valence-electron chi connectivity index (χ1n) is 8.54. The van der Waals surface area contributed by atoms with Gasteiger partial charge in [-0.3, -0.25) is 0 Å². The molecule has 1 atom stereocenters. The summed E-state index contributed by atoms with van der Waals surface area (Å²) in [5.74, 6) is 0.783.